The largest absolute Gasteiger partial charge is 0.497 e. The molecule has 0 bridgehead atoms. The van der Waals surface area contributed by atoms with Crippen LogP contribution >= 0.6 is 0 Å². The molecular formula is C21H17N3O5. The van der Waals surface area contributed by atoms with Crippen molar-refractivity contribution >= 4 is 17.3 Å². The number of nitro groups is 1. The second-order valence-electron chi connectivity index (χ2n) is 6.47. The van der Waals surface area contributed by atoms with Crippen LogP contribution in [0.25, 0.3) is 0 Å². The molecule has 2 heterocycles. The summed E-state index contributed by atoms with van der Waals surface area (Å²) < 4.78 is 10.4. The van der Waals surface area contributed by atoms with E-state index in [0.29, 0.717) is 23.4 Å². The Kier molecular flexibility index (Phi) is 4.82. The fourth-order valence-corrected chi connectivity index (χ4v) is 3.27. The van der Waals surface area contributed by atoms with Crippen molar-refractivity contribution in [1.29, 1.82) is 0 Å². The van der Waals surface area contributed by atoms with Gasteiger partial charge in [-0.1, -0.05) is 12.1 Å². The first-order chi connectivity index (χ1) is 14.1. The van der Waals surface area contributed by atoms with Gasteiger partial charge < -0.3 is 9.15 Å². The van der Waals surface area contributed by atoms with Gasteiger partial charge in [0.15, 0.2) is 5.76 Å². The smallest absolute Gasteiger partial charge is 0.310 e. The van der Waals surface area contributed by atoms with Crippen LogP contribution in [0.3, 0.4) is 0 Å². The predicted octanol–water partition coefficient (Wildman–Crippen LogP) is 4.19. The Morgan fingerprint density at radius 3 is 2.66 bits per heavy atom. The number of methoxy groups -OCH3 is 1. The summed E-state index contributed by atoms with van der Waals surface area (Å²) >= 11 is 0. The van der Waals surface area contributed by atoms with Gasteiger partial charge in [-0.25, -0.2) is 5.01 Å². The molecular weight excluding hydrogens is 374 g/mol. The topological polar surface area (TPSA) is 98.2 Å². The molecule has 2 aromatic carbocycles. The first kappa shape index (κ1) is 18.4. The zero-order valence-corrected chi connectivity index (χ0v) is 15.5. The number of amides is 1. The second kappa shape index (κ2) is 7.59. The van der Waals surface area contributed by atoms with Crippen molar-refractivity contribution in [3.8, 4) is 5.75 Å². The third-order valence-electron chi connectivity index (χ3n) is 4.74. The fourth-order valence-electron chi connectivity index (χ4n) is 3.27. The first-order valence-electron chi connectivity index (χ1n) is 8.90. The third-order valence-corrected chi connectivity index (χ3v) is 4.74. The normalized spacial score (nSPS) is 15.8. The number of furan rings is 1. The maximum Gasteiger partial charge on any atom is 0.310 e. The summed E-state index contributed by atoms with van der Waals surface area (Å²) in [7, 11) is 1.59. The molecule has 0 spiro atoms. The summed E-state index contributed by atoms with van der Waals surface area (Å²) in [6.45, 7) is 0. The Morgan fingerprint density at radius 2 is 2.00 bits per heavy atom. The lowest BCUT2D eigenvalue weighted by atomic mass is 9.98. The van der Waals surface area contributed by atoms with Gasteiger partial charge in [-0.05, 0) is 47.5 Å². The molecule has 4 rings (SSSR count). The van der Waals surface area contributed by atoms with E-state index in [9.17, 15) is 14.9 Å². The standard InChI is InChI=1S/C21H17N3O5/c1-28-17-9-7-14(8-10-17)18-13-19(15-4-2-5-16(12-15)24(26)27)23(22-18)21(25)20-6-3-11-29-20/h2-12,19H,13H2,1H3/t19-/m1/s1. The number of hydrazone groups is 1. The van der Waals surface area contributed by atoms with Crippen molar-refractivity contribution < 1.29 is 18.9 Å². The van der Waals surface area contributed by atoms with Crippen molar-refractivity contribution in [2.24, 2.45) is 5.10 Å². The minimum absolute atomic E-state index is 0.0363. The monoisotopic (exact) mass is 391 g/mol. The van der Waals surface area contributed by atoms with Gasteiger partial charge in [0.1, 0.15) is 5.75 Å². The molecule has 29 heavy (non-hydrogen) atoms. The fraction of sp³-hybridized carbons (Fsp3) is 0.143. The van der Waals surface area contributed by atoms with E-state index in [1.54, 1.807) is 31.4 Å². The number of non-ortho nitro benzene ring substituents is 1. The number of nitro benzene ring substituents is 1. The van der Waals surface area contributed by atoms with Crippen molar-refractivity contribution in [3.63, 3.8) is 0 Å². The molecule has 0 saturated heterocycles. The van der Waals surface area contributed by atoms with Gasteiger partial charge in [-0.3, -0.25) is 14.9 Å². The van der Waals surface area contributed by atoms with E-state index >= 15 is 0 Å². The van der Waals surface area contributed by atoms with E-state index in [2.05, 4.69) is 5.10 Å². The lowest BCUT2D eigenvalue weighted by Crippen LogP contribution is -2.26. The number of carbonyl (C=O) groups is 1. The van der Waals surface area contributed by atoms with Crippen LogP contribution < -0.4 is 4.74 Å². The third kappa shape index (κ3) is 3.60. The molecule has 1 aromatic heterocycles. The van der Waals surface area contributed by atoms with E-state index in [1.807, 2.05) is 24.3 Å². The summed E-state index contributed by atoms with van der Waals surface area (Å²) in [5.41, 5.74) is 2.14. The number of carbonyl (C=O) groups excluding carboxylic acids is 1. The van der Waals surface area contributed by atoms with Gasteiger partial charge in [0.05, 0.1) is 30.0 Å². The van der Waals surface area contributed by atoms with Crippen LogP contribution in [0.2, 0.25) is 0 Å². The molecule has 146 valence electrons. The van der Waals surface area contributed by atoms with Gasteiger partial charge in [0, 0.05) is 18.6 Å². The van der Waals surface area contributed by atoms with E-state index in [0.717, 1.165) is 5.56 Å². The number of benzene rings is 2. The molecule has 0 saturated carbocycles. The molecule has 0 N–H and O–H groups in total. The maximum atomic E-state index is 13.0. The summed E-state index contributed by atoms with van der Waals surface area (Å²) in [6.07, 6.45) is 1.83. The molecule has 0 fully saturated rings. The Bertz CT molecular complexity index is 1070. The highest BCUT2D eigenvalue weighted by atomic mass is 16.6. The van der Waals surface area contributed by atoms with Gasteiger partial charge in [-0.2, -0.15) is 5.10 Å². The van der Waals surface area contributed by atoms with E-state index in [1.165, 1.54) is 23.4 Å². The van der Waals surface area contributed by atoms with E-state index < -0.39 is 16.9 Å². The minimum atomic E-state index is -0.482. The molecule has 8 nitrogen and oxygen atoms in total. The SMILES string of the molecule is COc1ccc(C2=NN(C(=O)c3ccco3)[C@@H](c3cccc([N+](=O)[O-])c3)C2)cc1. The molecule has 1 aliphatic rings. The molecule has 1 amide bonds. The average molecular weight is 391 g/mol. The first-order valence-corrected chi connectivity index (χ1v) is 8.90. The van der Waals surface area contributed by atoms with Crippen LogP contribution in [0, 0.1) is 10.1 Å². The van der Waals surface area contributed by atoms with Crippen LogP contribution in [0.5, 0.6) is 5.75 Å². The van der Waals surface area contributed by atoms with Gasteiger partial charge in [-0.15, -0.1) is 0 Å². The van der Waals surface area contributed by atoms with E-state index in [4.69, 9.17) is 9.15 Å². The molecule has 0 unspecified atom stereocenters. The Labute approximate surface area is 166 Å². The van der Waals surface area contributed by atoms with Crippen molar-refractivity contribution in [2.45, 2.75) is 12.5 Å². The van der Waals surface area contributed by atoms with Gasteiger partial charge in [0.25, 0.3) is 5.69 Å². The second-order valence-corrected chi connectivity index (χ2v) is 6.47. The van der Waals surface area contributed by atoms with Crippen LogP contribution in [0.4, 0.5) is 5.69 Å². The van der Waals surface area contributed by atoms with Crippen LogP contribution in [-0.2, 0) is 0 Å². The summed E-state index contributed by atoms with van der Waals surface area (Å²) in [6, 6.07) is 16.3. The summed E-state index contributed by atoms with van der Waals surface area (Å²) in [5.74, 6) is 0.460. The highest BCUT2D eigenvalue weighted by Gasteiger charge is 2.35. The van der Waals surface area contributed by atoms with Gasteiger partial charge >= 0.3 is 5.91 Å². The van der Waals surface area contributed by atoms with Crippen LogP contribution in [0.1, 0.15) is 34.1 Å². The van der Waals surface area contributed by atoms with Crippen LogP contribution in [0.15, 0.2) is 76.4 Å². The summed E-state index contributed by atoms with van der Waals surface area (Å²) in [4.78, 5) is 23.7. The number of hydrogen-bond donors (Lipinski definition) is 0. The van der Waals surface area contributed by atoms with Crippen LogP contribution in [-0.4, -0.2) is 28.7 Å². The lowest BCUT2D eigenvalue weighted by molar-refractivity contribution is -0.384. The highest BCUT2D eigenvalue weighted by Crippen LogP contribution is 2.35. The number of hydrogen-bond acceptors (Lipinski definition) is 6. The lowest BCUT2D eigenvalue weighted by Gasteiger charge is -2.20. The highest BCUT2D eigenvalue weighted by molar-refractivity contribution is 6.04. The predicted molar refractivity (Wildman–Crippen MR) is 105 cm³/mol. The molecule has 1 atom stereocenters. The Hall–Kier alpha value is -3.94. The maximum absolute atomic E-state index is 13.0. The van der Waals surface area contributed by atoms with Crippen molar-refractivity contribution in [3.05, 3.63) is 93.9 Å². The average Bonchev–Trinajstić information content (AvgIpc) is 3.44. The Balaban J connectivity index is 1.72. The van der Waals surface area contributed by atoms with Crippen molar-refractivity contribution in [1.82, 2.24) is 5.01 Å². The van der Waals surface area contributed by atoms with E-state index in [-0.39, 0.29) is 11.4 Å². The quantitative estimate of drug-likeness (QED) is 0.480. The minimum Gasteiger partial charge on any atom is -0.497 e. The molecule has 8 heteroatoms. The number of ether oxygens (including phenoxy) is 1. The zero-order valence-electron chi connectivity index (χ0n) is 15.5. The molecule has 1 aliphatic heterocycles. The zero-order chi connectivity index (χ0) is 20.4. The molecule has 0 aliphatic carbocycles. The molecule has 3 aromatic rings. The van der Waals surface area contributed by atoms with Gasteiger partial charge in [0.2, 0.25) is 0 Å². The Morgan fingerprint density at radius 1 is 1.21 bits per heavy atom. The number of nitrogens with zero attached hydrogens (tertiary/aromatic N) is 3. The van der Waals surface area contributed by atoms with Crippen molar-refractivity contribution in [2.75, 3.05) is 7.11 Å². The molecule has 0 radical (unpaired) electrons. The number of rotatable bonds is 5. The summed E-state index contributed by atoms with van der Waals surface area (Å²) in [5, 5.41) is 17.0.